The zero-order valence-electron chi connectivity index (χ0n) is 15.3. The van der Waals surface area contributed by atoms with Gasteiger partial charge in [-0.15, -0.1) is 0 Å². The fraction of sp³-hybridized carbons (Fsp3) is 0.550. The number of nitrogens with zero attached hydrogens (tertiary/aromatic N) is 1. The van der Waals surface area contributed by atoms with Crippen molar-refractivity contribution in [3.63, 3.8) is 0 Å². The van der Waals surface area contributed by atoms with Gasteiger partial charge in [-0.3, -0.25) is 14.5 Å². The van der Waals surface area contributed by atoms with E-state index in [1.54, 1.807) is 0 Å². The van der Waals surface area contributed by atoms with E-state index in [0.29, 0.717) is 13.0 Å². The van der Waals surface area contributed by atoms with Crippen LogP contribution in [0.2, 0.25) is 0 Å². The van der Waals surface area contributed by atoms with E-state index in [-0.39, 0.29) is 24.3 Å². The van der Waals surface area contributed by atoms with Crippen LogP contribution in [0.1, 0.15) is 44.6 Å². The van der Waals surface area contributed by atoms with Crippen molar-refractivity contribution < 1.29 is 14.4 Å². The van der Waals surface area contributed by atoms with Gasteiger partial charge >= 0.3 is 6.03 Å². The Bertz CT molecular complexity index is 676. The minimum Gasteiger partial charge on any atom is -0.355 e. The molecule has 1 aliphatic carbocycles. The molecule has 1 spiro atoms. The van der Waals surface area contributed by atoms with E-state index in [1.165, 1.54) is 5.56 Å². The highest BCUT2D eigenvalue weighted by Gasteiger charge is 2.55. The van der Waals surface area contributed by atoms with Crippen molar-refractivity contribution in [3.05, 3.63) is 35.9 Å². The van der Waals surface area contributed by atoms with Gasteiger partial charge in [0, 0.05) is 6.54 Å². The van der Waals surface area contributed by atoms with Crippen molar-refractivity contribution in [2.75, 3.05) is 13.1 Å². The number of imide groups is 1. The summed E-state index contributed by atoms with van der Waals surface area (Å²) < 4.78 is 0. The Balaban J connectivity index is 1.48. The smallest absolute Gasteiger partial charge is 0.325 e. The molecule has 1 saturated carbocycles. The third kappa shape index (κ3) is 3.74. The van der Waals surface area contributed by atoms with Gasteiger partial charge in [-0.25, -0.2) is 4.79 Å². The summed E-state index contributed by atoms with van der Waals surface area (Å²) in [6.45, 7) is 2.33. The van der Waals surface area contributed by atoms with Gasteiger partial charge in [0.25, 0.3) is 5.91 Å². The molecule has 2 aliphatic rings. The highest BCUT2D eigenvalue weighted by atomic mass is 16.2. The number of urea groups is 1. The molecule has 1 aromatic rings. The molecule has 6 heteroatoms. The molecule has 0 bridgehead atoms. The van der Waals surface area contributed by atoms with Gasteiger partial charge in [0.05, 0.1) is 0 Å². The van der Waals surface area contributed by atoms with Crippen LogP contribution >= 0.6 is 0 Å². The topological polar surface area (TPSA) is 78.5 Å². The molecule has 4 amide bonds. The number of rotatable bonds is 6. The zero-order valence-corrected chi connectivity index (χ0v) is 15.3. The number of hydrogen-bond acceptors (Lipinski definition) is 3. The summed E-state index contributed by atoms with van der Waals surface area (Å²) in [6, 6.07) is 9.63. The fourth-order valence-electron chi connectivity index (χ4n) is 4.00. The molecule has 6 nitrogen and oxygen atoms in total. The monoisotopic (exact) mass is 357 g/mol. The van der Waals surface area contributed by atoms with Gasteiger partial charge in [0.1, 0.15) is 12.1 Å². The van der Waals surface area contributed by atoms with Gasteiger partial charge in [-0.1, -0.05) is 50.1 Å². The lowest BCUT2D eigenvalue weighted by atomic mass is 9.73. The van der Waals surface area contributed by atoms with Gasteiger partial charge in [0.2, 0.25) is 5.91 Å². The van der Waals surface area contributed by atoms with Crippen LogP contribution in [0.15, 0.2) is 30.3 Å². The van der Waals surface area contributed by atoms with E-state index >= 15 is 0 Å². The van der Waals surface area contributed by atoms with Gasteiger partial charge in [-0.2, -0.15) is 0 Å². The SMILES string of the molecule is C[C@H]1CCCC[C@]12NC(=O)N(CC(=O)NCCCc1ccccc1)C2=O. The van der Waals surface area contributed by atoms with Crippen LogP contribution in [0, 0.1) is 5.92 Å². The molecule has 0 aromatic heterocycles. The van der Waals surface area contributed by atoms with Crippen molar-refractivity contribution in [1.29, 1.82) is 0 Å². The molecular weight excluding hydrogens is 330 g/mol. The zero-order chi connectivity index (χ0) is 18.6. The number of aryl methyl sites for hydroxylation is 1. The van der Waals surface area contributed by atoms with E-state index in [2.05, 4.69) is 22.8 Å². The maximum absolute atomic E-state index is 12.8. The first-order valence-electron chi connectivity index (χ1n) is 9.47. The fourth-order valence-corrected chi connectivity index (χ4v) is 4.00. The molecule has 0 unspecified atom stereocenters. The number of nitrogens with one attached hydrogen (secondary N) is 2. The summed E-state index contributed by atoms with van der Waals surface area (Å²) in [5.41, 5.74) is 0.423. The Hall–Kier alpha value is -2.37. The van der Waals surface area contributed by atoms with Crippen LogP contribution in [0.25, 0.3) is 0 Å². The number of carbonyl (C=O) groups is 3. The maximum Gasteiger partial charge on any atom is 0.325 e. The maximum atomic E-state index is 12.8. The van der Waals surface area contributed by atoms with Crippen LogP contribution < -0.4 is 10.6 Å². The quantitative estimate of drug-likeness (QED) is 0.605. The first-order valence-corrected chi connectivity index (χ1v) is 9.47. The first-order chi connectivity index (χ1) is 12.5. The molecule has 1 aliphatic heterocycles. The number of hydrogen-bond donors (Lipinski definition) is 2. The Labute approximate surface area is 154 Å². The molecule has 140 valence electrons. The predicted octanol–water partition coefficient (Wildman–Crippen LogP) is 2.24. The normalized spacial score (nSPS) is 25.4. The third-order valence-corrected chi connectivity index (χ3v) is 5.61. The molecule has 1 heterocycles. The molecule has 26 heavy (non-hydrogen) atoms. The molecule has 1 saturated heterocycles. The van der Waals surface area contributed by atoms with Crippen molar-refractivity contribution in [3.8, 4) is 0 Å². The second kappa shape index (κ2) is 7.89. The molecule has 2 N–H and O–H groups in total. The van der Waals surface area contributed by atoms with Crippen LogP contribution in [-0.2, 0) is 16.0 Å². The van der Waals surface area contributed by atoms with Crippen LogP contribution in [0.3, 0.4) is 0 Å². The van der Waals surface area contributed by atoms with Gasteiger partial charge in [-0.05, 0) is 37.2 Å². The summed E-state index contributed by atoms with van der Waals surface area (Å²) in [7, 11) is 0. The average Bonchev–Trinajstić information content (AvgIpc) is 2.87. The Morgan fingerprint density at radius 1 is 1.27 bits per heavy atom. The molecule has 2 atom stereocenters. The Morgan fingerprint density at radius 2 is 2.04 bits per heavy atom. The largest absolute Gasteiger partial charge is 0.355 e. The van der Waals surface area contributed by atoms with E-state index in [9.17, 15) is 14.4 Å². The lowest BCUT2D eigenvalue weighted by Gasteiger charge is -2.36. The van der Waals surface area contributed by atoms with Crippen LogP contribution in [-0.4, -0.2) is 41.4 Å². The van der Waals surface area contributed by atoms with E-state index in [4.69, 9.17) is 0 Å². The number of amides is 4. The predicted molar refractivity (Wildman–Crippen MR) is 98.4 cm³/mol. The van der Waals surface area contributed by atoms with Crippen molar-refractivity contribution in [1.82, 2.24) is 15.5 Å². The van der Waals surface area contributed by atoms with Crippen LogP contribution in [0.4, 0.5) is 4.79 Å². The standard InChI is InChI=1S/C20H27N3O3/c1-15-8-5-6-12-20(15)18(25)23(19(26)22-20)14-17(24)21-13-7-11-16-9-3-2-4-10-16/h2-4,9-10,15H,5-8,11-14H2,1H3,(H,21,24)(H,22,26)/t15-,20-/m0/s1. The minimum atomic E-state index is -0.803. The van der Waals surface area contributed by atoms with Crippen molar-refractivity contribution >= 4 is 17.8 Å². The summed E-state index contributed by atoms with van der Waals surface area (Å²) in [4.78, 5) is 38.3. The molecule has 3 rings (SSSR count). The third-order valence-electron chi connectivity index (χ3n) is 5.61. The summed E-state index contributed by atoms with van der Waals surface area (Å²) >= 11 is 0. The summed E-state index contributed by atoms with van der Waals surface area (Å²) in [5.74, 6) is -0.428. The summed E-state index contributed by atoms with van der Waals surface area (Å²) in [5, 5.41) is 5.68. The minimum absolute atomic E-state index is 0.103. The van der Waals surface area contributed by atoms with Gasteiger partial charge < -0.3 is 10.6 Å². The molecule has 1 aromatic carbocycles. The van der Waals surface area contributed by atoms with E-state index < -0.39 is 11.6 Å². The second-order valence-electron chi connectivity index (χ2n) is 7.38. The average molecular weight is 357 g/mol. The Morgan fingerprint density at radius 3 is 2.77 bits per heavy atom. The van der Waals surface area contributed by atoms with Crippen LogP contribution in [0.5, 0.6) is 0 Å². The highest BCUT2D eigenvalue weighted by molar-refractivity contribution is 6.09. The molecule has 2 fully saturated rings. The Kier molecular flexibility index (Phi) is 5.59. The highest BCUT2D eigenvalue weighted by Crippen LogP contribution is 2.38. The first kappa shape index (κ1) is 18.4. The molecule has 0 radical (unpaired) electrons. The van der Waals surface area contributed by atoms with Crippen molar-refractivity contribution in [2.24, 2.45) is 5.92 Å². The number of benzene rings is 1. The van der Waals surface area contributed by atoms with E-state index in [1.807, 2.05) is 25.1 Å². The lowest BCUT2D eigenvalue weighted by molar-refractivity contribution is -0.137. The van der Waals surface area contributed by atoms with Gasteiger partial charge in [0.15, 0.2) is 0 Å². The number of carbonyl (C=O) groups excluding carboxylic acids is 3. The molecular formula is C20H27N3O3. The van der Waals surface area contributed by atoms with Crippen molar-refractivity contribution in [2.45, 2.75) is 51.0 Å². The van der Waals surface area contributed by atoms with E-state index in [0.717, 1.165) is 37.0 Å². The lowest BCUT2D eigenvalue weighted by Crippen LogP contribution is -2.54. The summed E-state index contributed by atoms with van der Waals surface area (Å²) in [6.07, 6.45) is 5.28. The second-order valence-corrected chi connectivity index (χ2v) is 7.38.